The fourth-order valence-corrected chi connectivity index (χ4v) is 6.91. The Morgan fingerprint density at radius 1 is 1.16 bits per heavy atom. The monoisotopic (exact) mass is 648 g/mol. The third kappa shape index (κ3) is 7.25. The van der Waals surface area contributed by atoms with Gasteiger partial charge in [0.05, 0.1) is 11.7 Å². The largest absolute Gasteiger partial charge is 0.487 e. The van der Waals surface area contributed by atoms with Gasteiger partial charge in [-0.3, -0.25) is 9.69 Å². The summed E-state index contributed by atoms with van der Waals surface area (Å²) in [6, 6.07) is 9.19. The number of benzene rings is 2. The van der Waals surface area contributed by atoms with E-state index in [1.165, 1.54) is 11.0 Å². The van der Waals surface area contributed by atoms with Gasteiger partial charge in [-0.05, 0) is 45.1 Å². The Bertz CT molecular complexity index is 1560. The van der Waals surface area contributed by atoms with Gasteiger partial charge in [-0.15, -0.1) is 0 Å². The van der Waals surface area contributed by atoms with E-state index >= 15 is 4.39 Å². The van der Waals surface area contributed by atoms with Gasteiger partial charge >= 0.3 is 22.4 Å². The summed E-state index contributed by atoms with van der Waals surface area (Å²) in [6.45, 7) is 5.69. The summed E-state index contributed by atoms with van der Waals surface area (Å²) in [7, 11) is -4.44. The minimum atomic E-state index is -4.44. The third-order valence-corrected chi connectivity index (χ3v) is 9.14. The molecule has 0 radical (unpaired) electrons. The molecule has 3 heterocycles. The van der Waals surface area contributed by atoms with E-state index in [2.05, 4.69) is 0 Å². The summed E-state index contributed by atoms with van der Waals surface area (Å²) in [6.07, 6.45) is -0.757. The molecular formula is C30H37FN4O9S. The lowest BCUT2D eigenvalue weighted by Gasteiger charge is -2.34. The van der Waals surface area contributed by atoms with Crippen molar-refractivity contribution in [2.45, 2.75) is 58.3 Å². The number of nitrogens with one attached hydrogen (secondary N) is 1. The van der Waals surface area contributed by atoms with Crippen LogP contribution >= 0.6 is 0 Å². The number of fused-ring (bicyclic) bond motifs is 1. The summed E-state index contributed by atoms with van der Waals surface area (Å²) in [5.74, 6) is -2.04. The van der Waals surface area contributed by atoms with Crippen molar-refractivity contribution in [1.29, 1.82) is 0 Å². The third-order valence-electron chi connectivity index (χ3n) is 7.76. The lowest BCUT2D eigenvalue weighted by atomic mass is 9.99. The predicted molar refractivity (Wildman–Crippen MR) is 161 cm³/mol. The number of nitrogens with zero attached hydrogens (tertiary/aromatic N) is 3. The van der Waals surface area contributed by atoms with Crippen LogP contribution in [0, 0.1) is 11.7 Å². The van der Waals surface area contributed by atoms with Crippen LogP contribution in [0.25, 0.3) is 0 Å². The Hall–Kier alpha value is -4.11. The van der Waals surface area contributed by atoms with Gasteiger partial charge in [-0.1, -0.05) is 30.3 Å². The molecule has 0 unspecified atom stereocenters. The van der Waals surface area contributed by atoms with Gasteiger partial charge in [-0.25, -0.2) is 23.0 Å². The molecule has 2 saturated heterocycles. The molecule has 2 aromatic rings. The zero-order valence-corrected chi connectivity index (χ0v) is 26.1. The Balaban J connectivity index is 1.52. The first-order valence-electron chi connectivity index (χ1n) is 14.7. The quantitative estimate of drug-likeness (QED) is 0.436. The lowest BCUT2D eigenvalue weighted by molar-refractivity contribution is -0.117. The highest BCUT2D eigenvalue weighted by atomic mass is 32.2. The Kier molecular flexibility index (Phi) is 9.12. The van der Waals surface area contributed by atoms with E-state index in [1.807, 2.05) is 4.72 Å². The number of carbonyl (C=O) groups excluding carboxylic acids is 2. The normalized spacial score (nSPS) is 19.6. The molecule has 0 aliphatic carbocycles. The summed E-state index contributed by atoms with van der Waals surface area (Å²) in [5, 5.41) is 10.3. The standard InChI is InChI=1S/C30H37FN4O9S/c1-30(2,3)44-29(39)33(15-19-9-11-42-12-10-19)16-21-13-22-23(35(21)28(37)38)14-24(43-18-20-7-5-4-6-8-20)27(26(22)31)34-17-25(36)32-45(34,40)41/h4-8,14,19,21H,9-13,15-18H2,1-3H3,(H,32,36)(H,37,38)/t21-/m1/s1. The molecule has 3 aliphatic rings. The minimum absolute atomic E-state index is 0.0390. The maximum Gasteiger partial charge on any atom is 0.412 e. The number of hydrogen-bond donors (Lipinski definition) is 2. The molecule has 244 valence electrons. The van der Waals surface area contributed by atoms with E-state index in [9.17, 15) is 27.9 Å². The maximum absolute atomic E-state index is 16.5. The molecule has 3 aliphatic heterocycles. The Morgan fingerprint density at radius 3 is 2.44 bits per heavy atom. The van der Waals surface area contributed by atoms with Gasteiger partial charge in [0.25, 0.3) is 5.91 Å². The molecule has 0 aromatic heterocycles. The zero-order chi connectivity index (χ0) is 32.5. The predicted octanol–water partition coefficient (Wildman–Crippen LogP) is 3.66. The molecule has 2 N–H and O–H groups in total. The van der Waals surface area contributed by atoms with E-state index in [4.69, 9.17) is 14.2 Å². The smallest absolute Gasteiger partial charge is 0.412 e. The molecule has 1 atom stereocenters. The first-order chi connectivity index (χ1) is 21.2. The number of halogens is 1. The van der Waals surface area contributed by atoms with Gasteiger partial charge in [0.15, 0.2) is 5.82 Å². The SMILES string of the molecule is CC(C)(C)OC(=O)N(CC1CCOCC1)C[C@H]1Cc2c(cc(OCc3ccccc3)c(N3CC(=O)NS3(=O)=O)c2F)N1C(=O)O. The molecule has 2 aromatic carbocycles. The number of hydrogen-bond acceptors (Lipinski definition) is 8. The van der Waals surface area contributed by atoms with Crippen LogP contribution in [0.3, 0.4) is 0 Å². The maximum atomic E-state index is 16.5. The van der Waals surface area contributed by atoms with Crippen LogP contribution in [0.4, 0.5) is 25.4 Å². The van der Waals surface area contributed by atoms with Gasteiger partial charge in [0.1, 0.15) is 30.2 Å². The highest BCUT2D eigenvalue weighted by Crippen LogP contribution is 2.45. The van der Waals surface area contributed by atoms with Crippen molar-refractivity contribution in [2.75, 3.05) is 42.1 Å². The molecular weight excluding hydrogens is 611 g/mol. The Labute approximate surface area is 261 Å². The average Bonchev–Trinajstić information content (AvgIpc) is 3.46. The summed E-state index contributed by atoms with van der Waals surface area (Å²) in [4.78, 5) is 40.5. The number of ether oxygens (including phenoxy) is 3. The second-order valence-corrected chi connectivity index (χ2v) is 13.9. The van der Waals surface area contributed by atoms with E-state index in [0.717, 1.165) is 4.90 Å². The van der Waals surface area contributed by atoms with Crippen LogP contribution < -0.4 is 18.7 Å². The van der Waals surface area contributed by atoms with Crippen molar-refractivity contribution >= 4 is 39.7 Å². The molecule has 15 heteroatoms. The van der Waals surface area contributed by atoms with Crippen molar-refractivity contribution in [2.24, 2.45) is 5.92 Å². The van der Waals surface area contributed by atoms with Crippen LogP contribution in [0.1, 0.15) is 44.7 Å². The molecule has 3 amide bonds. The number of carboxylic acid groups (broad SMARTS) is 1. The fourth-order valence-electron chi connectivity index (χ4n) is 5.75. The second-order valence-electron chi connectivity index (χ2n) is 12.3. The van der Waals surface area contributed by atoms with E-state index in [0.29, 0.717) is 35.9 Å². The van der Waals surface area contributed by atoms with Crippen LogP contribution in [0.15, 0.2) is 36.4 Å². The van der Waals surface area contributed by atoms with Crippen molar-refractivity contribution < 1.29 is 46.5 Å². The number of rotatable bonds is 8. The topological polar surface area (TPSA) is 155 Å². The molecule has 45 heavy (non-hydrogen) atoms. The summed E-state index contributed by atoms with van der Waals surface area (Å²) >= 11 is 0. The van der Waals surface area contributed by atoms with Gasteiger partial charge in [0.2, 0.25) is 0 Å². The van der Waals surface area contributed by atoms with Crippen molar-refractivity contribution in [1.82, 2.24) is 9.62 Å². The van der Waals surface area contributed by atoms with Gasteiger partial charge in [-0.2, -0.15) is 8.42 Å². The molecule has 0 spiro atoms. The van der Waals surface area contributed by atoms with Crippen molar-refractivity contribution in [3.63, 3.8) is 0 Å². The molecule has 0 saturated carbocycles. The van der Waals surface area contributed by atoms with Gasteiger partial charge in [0, 0.05) is 44.4 Å². The van der Waals surface area contributed by atoms with E-state index in [-0.39, 0.29) is 49.0 Å². The highest BCUT2D eigenvalue weighted by Gasteiger charge is 2.44. The van der Waals surface area contributed by atoms with Crippen LogP contribution in [0.5, 0.6) is 5.75 Å². The van der Waals surface area contributed by atoms with E-state index in [1.54, 1.807) is 51.1 Å². The molecule has 5 rings (SSSR count). The molecule has 0 bridgehead atoms. The summed E-state index contributed by atoms with van der Waals surface area (Å²) < 4.78 is 61.6. The van der Waals surface area contributed by atoms with Crippen molar-refractivity contribution in [3.05, 3.63) is 53.3 Å². The number of amides is 3. The van der Waals surface area contributed by atoms with E-state index < -0.39 is 58.0 Å². The Morgan fingerprint density at radius 2 is 1.84 bits per heavy atom. The first kappa shape index (κ1) is 32.3. The van der Waals surface area contributed by atoms with Crippen LogP contribution in [0.2, 0.25) is 0 Å². The fraction of sp³-hybridized carbons (Fsp3) is 0.500. The van der Waals surface area contributed by atoms with Crippen molar-refractivity contribution in [3.8, 4) is 5.75 Å². The second kappa shape index (κ2) is 12.7. The van der Waals surface area contributed by atoms with Gasteiger partial charge < -0.3 is 24.2 Å². The molecule has 13 nitrogen and oxygen atoms in total. The lowest BCUT2D eigenvalue weighted by Crippen LogP contribution is -2.49. The molecule has 2 fully saturated rings. The zero-order valence-electron chi connectivity index (χ0n) is 25.3. The summed E-state index contributed by atoms with van der Waals surface area (Å²) in [5.41, 5.74) is -0.733. The van der Waals surface area contributed by atoms with Crippen LogP contribution in [-0.2, 0) is 37.5 Å². The first-order valence-corrected chi connectivity index (χ1v) is 16.1. The highest BCUT2D eigenvalue weighted by molar-refractivity contribution is 7.92. The average molecular weight is 649 g/mol. The minimum Gasteiger partial charge on any atom is -0.487 e. The van der Waals surface area contributed by atoms with Crippen LogP contribution in [-0.4, -0.2) is 81.0 Å². The number of anilines is 2. The number of carbonyl (C=O) groups is 3.